The van der Waals surface area contributed by atoms with Crippen LogP contribution in [0.15, 0.2) is 47.4 Å². The summed E-state index contributed by atoms with van der Waals surface area (Å²) in [5.74, 6) is -0.190. The molecule has 7 heteroatoms. The molecule has 0 radical (unpaired) electrons. The zero-order valence-electron chi connectivity index (χ0n) is 19.1. The van der Waals surface area contributed by atoms with E-state index in [1.807, 2.05) is 37.3 Å². The lowest BCUT2D eigenvalue weighted by atomic mass is 10.1. The summed E-state index contributed by atoms with van der Waals surface area (Å²) >= 11 is 0. The zero-order chi connectivity index (χ0) is 22.7. The van der Waals surface area contributed by atoms with Crippen molar-refractivity contribution in [2.45, 2.75) is 50.3 Å². The first-order valence-corrected chi connectivity index (χ1v) is 13.1. The summed E-state index contributed by atoms with van der Waals surface area (Å²) in [7, 11) is -1.87. The van der Waals surface area contributed by atoms with E-state index in [-0.39, 0.29) is 10.8 Å². The van der Waals surface area contributed by atoms with E-state index < -0.39 is 10.0 Å². The summed E-state index contributed by atoms with van der Waals surface area (Å²) < 4.78 is 28.2. The second-order valence-electron chi connectivity index (χ2n) is 8.89. The monoisotopic (exact) mass is 455 g/mol. The molecule has 172 valence electrons. The van der Waals surface area contributed by atoms with Gasteiger partial charge in [0.25, 0.3) is 5.91 Å². The molecule has 0 aliphatic carbocycles. The minimum Gasteiger partial charge on any atom is -0.371 e. The zero-order valence-corrected chi connectivity index (χ0v) is 19.9. The molecule has 6 nitrogen and oxygen atoms in total. The number of nitrogens with zero attached hydrogens (tertiary/aromatic N) is 3. The Morgan fingerprint density at radius 1 is 0.844 bits per heavy atom. The van der Waals surface area contributed by atoms with Gasteiger partial charge in [-0.1, -0.05) is 24.1 Å². The Balaban J connectivity index is 1.73. The van der Waals surface area contributed by atoms with Crippen LogP contribution >= 0.6 is 0 Å². The van der Waals surface area contributed by atoms with E-state index in [2.05, 4.69) is 4.90 Å². The maximum atomic E-state index is 13.6. The second kappa shape index (κ2) is 9.63. The summed E-state index contributed by atoms with van der Waals surface area (Å²) in [5, 5.41) is 0. The van der Waals surface area contributed by atoms with Gasteiger partial charge in [0.05, 0.1) is 10.5 Å². The highest BCUT2D eigenvalue weighted by molar-refractivity contribution is 7.89. The first kappa shape index (κ1) is 22.8. The van der Waals surface area contributed by atoms with Gasteiger partial charge in [-0.3, -0.25) is 4.79 Å². The summed E-state index contributed by atoms with van der Waals surface area (Å²) in [4.78, 5) is 17.7. The number of sulfonamides is 1. The van der Waals surface area contributed by atoms with E-state index in [4.69, 9.17) is 0 Å². The topological polar surface area (TPSA) is 60.9 Å². The predicted molar refractivity (Wildman–Crippen MR) is 129 cm³/mol. The van der Waals surface area contributed by atoms with E-state index in [9.17, 15) is 13.2 Å². The molecule has 2 aromatic rings. The number of hydrogen-bond acceptors (Lipinski definition) is 4. The number of carbonyl (C=O) groups is 1. The normalized spacial score (nSPS) is 17.9. The highest BCUT2D eigenvalue weighted by Crippen LogP contribution is 2.31. The number of rotatable bonds is 5. The van der Waals surface area contributed by atoms with Gasteiger partial charge in [-0.15, -0.1) is 0 Å². The molecule has 2 fully saturated rings. The molecule has 4 rings (SSSR count). The van der Waals surface area contributed by atoms with Crippen molar-refractivity contribution < 1.29 is 13.2 Å². The van der Waals surface area contributed by atoms with Gasteiger partial charge in [0, 0.05) is 44.6 Å². The maximum Gasteiger partial charge on any atom is 0.260 e. The van der Waals surface area contributed by atoms with E-state index >= 15 is 0 Å². The number of aryl methyl sites for hydroxylation is 1. The average Bonchev–Trinajstić information content (AvgIpc) is 2.84. The second-order valence-corrected chi connectivity index (χ2v) is 10.8. The Labute approximate surface area is 191 Å². The first-order chi connectivity index (χ1) is 15.4. The largest absolute Gasteiger partial charge is 0.371 e. The van der Waals surface area contributed by atoms with Crippen molar-refractivity contribution in [2.75, 3.05) is 43.0 Å². The lowest BCUT2D eigenvalue weighted by molar-refractivity contribution is 0.0993. The van der Waals surface area contributed by atoms with Crippen molar-refractivity contribution in [1.29, 1.82) is 0 Å². The van der Waals surface area contributed by atoms with Gasteiger partial charge in [0.2, 0.25) is 10.0 Å². The van der Waals surface area contributed by atoms with Gasteiger partial charge >= 0.3 is 0 Å². The molecule has 0 N–H and O–H groups in total. The standard InChI is InChI=1S/C25H33N3O3S/c1-20-9-11-21(12-10-20)26(2)25(29)23-19-22(32(30,31)28-17-7-4-8-18-28)13-14-24(23)27-15-5-3-6-16-27/h9-14,19H,3-8,15-18H2,1-2H3. The number of anilines is 2. The molecule has 1 amide bonds. The number of amides is 1. The fourth-order valence-electron chi connectivity index (χ4n) is 4.58. The van der Waals surface area contributed by atoms with Crippen molar-refractivity contribution in [3.63, 3.8) is 0 Å². The molecule has 2 aliphatic heterocycles. The van der Waals surface area contributed by atoms with Crippen molar-refractivity contribution in [3.05, 3.63) is 53.6 Å². The SMILES string of the molecule is Cc1ccc(N(C)C(=O)c2cc(S(=O)(=O)N3CCCCC3)ccc2N2CCCCC2)cc1. The van der Waals surface area contributed by atoms with Crippen LogP contribution in [0, 0.1) is 6.92 Å². The number of carbonyl (C=O) groups excluding carboxylic acids is 1. The highest BCUT2D eigenvalue weighted by Gasteiger charge is 2.29. The molecule has 0 saturated carbocycles. The molecule has 32 heavy (non-hydrogen) atoms. The molecule has 0 aromatic heterocycles. The minimum atomic E-state index is -3.62. The lowest BCUT2D eigenvalue weighted by Gasteiger charge is -2.32. The molecular formula is C25H33N3O3S. The molecule has 0 unspecified atom stereocenters. The number of benzene rings is 2. The summed E-state index contributed by atoms with van der Waals surface area (Å²) in [5.41, 5.74) is 3.19. The van der Waals surface area contributed by atoms with Crippen LogP contribution in [0.3, 0.4) is 0 Å². The van der Waals surface area contributed by atoms with Gasteiger partial charge in [-0.2, -0.15) is 4.31 Å². The van der Waals surface area contributed by atoms with Crippen LogP contribution in [0.25, 0.3) is 0 Å². The molecular weight excluding hydrogens is 422 g/mol. The van der Waals surface area contributed by atoms with Crippen molar-refractivity contribution in [2.24, 2.45) is 0 Å². The Morgan fingerprint density at radius 2 is 1.44 bits per heavy atom. The van der Waals surface area contributed by atoms with Gasteiger partial charge in [-0.25, -0.2) is 8.42 Å². The average molecular weight is 456 g/mol. The highest BCUT2D eigenvalue weighted by atomic mass is 32.2. The third-order valence-electron chi connectivity index (χ3n) is 6.57. The third-order valence-corrected chi connectivity index (χ3v) is 8.47. The van der Waals surface area contributed by atoms with Crippen LogP contribution in [0.5, 0.6) is 0 Å². The maximum absolute atomic E-state index is 13.6. The molecule has 2 aromatic carbocycles. The van der Waals surface area contributed by atoms with Crippen LogP contribution in [-0.4, -0.2) is 51.9 Å². The lowest BCUT2D eigenvalue weighted by Crippen LogP contribution is -2.36. The van der Waals surface area contributed by atoms with Crippen molar-refractivity contribution >= 4 is 27.3 Å². The Morgan fingerprint density at radius 3 is 2.06 bits per heavy atom. The Kier molecular flexibility index (Phi) is 6.86. The molecule has 2 heterocycles. The molecule has 0 spiro atoms. The van der Waals surface area contributed by atoms with Crippen LogP contribution in [0.2, 0.25) is 0 Å². The fourth-order valence-corrected chi connectivity index (χ4v) is 6.12. The van der Waals surface area contributed by atoms with Crippen molar-refractivity contribution in [3.8, 4) is 0 Å². The van der Waals surface area contributed by atoms with E-state index in [1.54, 1.807) is 28.4 Å². The first-order valence-electron chi connectivity index (χ1n) is 11.6. The molecule has 0 bridgehead atoms. The summed E-state index contributed by atoms with van der Waals surface area (Å²) in [6, 6.07) is 12.9. The smallest absolute Gasteiger partial charge is 0.260 e. The van der Waals surface area contributed by atoms with Crippen LogP contribution in [0.4, 0.5) is 11.4 Å². The van der Waals surface area contributed by atoms with Crippen LogP contribution in [-0.2, 0) is 10.0 Å². The number of piperidine rings is 2. The predicted octanol–water partition coefficient (Wildman–Crippen LogP) is 4.44. The van der Waals surface area contributed by atoms with Gasteiger partial charge in [0.15, 0.2) is 0 Å². The van der Waals surface area contributed by atoms with E-state index in [1.165, 1.54) is 6.42 Å². The van der Waals surface area contributed by atoms with Crippen molar-refractivity contribution in [1.82, 2.24) is 4.31 Å². The molecule has 2 saturated heterocycles. The fraction of sp³-hybridized carbons (Fsp3) is 0.480. The summed E-state index contributed by atoms with van der Waals surface area (Å²) in [6.45, 7) is 4.86. The summed E-state index contributed by atoms with van der Waals surface area (Å²) in [6.07, 6.45) is 6.17. The Bertz CT molecular complexity index is 1050. The van der Waals surface area contributed by atoms with Crippen LogP contribution in [0.1, 0.15) is 54.4 Å². The van der Waals surface area contributed by atoms with E-state index in [0.717, 1.165) is 62.1 Å². The molecule has 0 atom stereocenters. The number of hydrogen-bond donors (Lipinski definition) is 0. The van der Waals surface area contributed by atoms with E-state index in [0.29, 0.717) is 18.7 Å². The third kappa shape index (κ3) is 4.69. The quantitative estimate of drug-likeness (QED) is 0.669. The van der Waals surface area contributed by atoms with Gasteiger partial charge in [0.1, 0.15) is 0 Å². The molecule has 2 aliphatic rings. The van der Waals surface area contributed by atoms with Crippen LogP contribution < -0.4 is 9.80 Å². The van der Waals surface area contributed by atoms with Gasteiger partial charge < -0.3 is 9.80 Å². The minimum absolute atomic E-state index is 0.190. The Hall–Kier alpha value is -2.38. The van der Waals surface area contributed by atoms with Gasteiger partial charge in [-0.05, 0) is 69.4 Å².